The smallest absolute Gasteiger partial charge is 0.234 e. The lowest BCUT2D eigenvalue weighted by Crippen LogP contribution is -2.18. The number of carbonyl (C=O) groups is 1. The number of rotatable bonds is 7. The van der Waals surface area contributed by atoms with Crippen LogP contribution in [0.1, 0.15) is 29.7 Å². The van der Waals surface area contributed by atoms with Crippen LogP contribution in [0.3, 0.4) is 0 Å². The Balaban J connectivity index is 1.49. The Bertz CT molecular complexity index is 1020. The van der Waals surface area contributed by atoms with E-state index in [1.165, 1.54) is 11.8 Å². The molecule has 30 heavy (non-hydrogen) atoms. The van der Waals surface area contributed by atoms with Crippen LogP contribution in [0.25, 0.3) is 11.4 Å². The standard InChI is InChI=1S/C22H26N4O3S/c1-14-9-15(2)11-17(10-14)23-20(27)13-30-22-25-24-21(19-6-8-28-16(19)3)26(22)12-18-5-4-7-29-18/h6,8-11,18H,4-5,7,12-13H2,1-3H3,(H,23,27). The molecular formula is C22H26N4O3S. The van der Waals surface area contributed by atoms with E-state index in [-0.39, 0.29) is 17.8 Å². The Labute approximate surface area is 180 Å². The maximum atomic E-state index is 12.5. The number of aryl methyl sites for hydroxylation is 3. The third-order valence-corrected chi connectivity index (χ3v) is 6.03. The van der Waals surface area contributed by atoms with E-state index in [0.29, 0.717) is 11.7 Å². The maximum Gasteiger partial charge on any atom is 0.234 e. The van der Waals surface area contributed by atoms with Gasteiger partial charge in [0.25, 0.3) is 0 Å². The third-order valence-electron chi connectivity index (χ3n) is 5.06. The van der Waals surface area contributed by atoms with Gasteiger partial charge >= 0.3 is 0 Å². The molecule has 0 radical (unpaired) electrons. The summed E-state index contributed by atoms with van der Waals surface area (Å²) in [6.45, 7) is 7.39. The lowest BCUT2D eigenvalue weighted by molar-refractivity contribution is -0.113. The van der Waals surface area contributed by atoms with Crippen molar-refractivity contribution in [3.8, 4) is 11.4 Å². The average molecular weight is 427 g/mol. The normalized spacial score (nSPS) is 16.2. The molecule has 8 heteroatoms. The summed E-state index contributed by atoms with van der Waals surface area (Å²) in [6.07, 6.45) is 3.86. The highest BCUT2D eigenvalue weighted by Gasteiger charge is 2.23. The van der Waals surface area contributed by atoms with Crippen molar-refractivity contribution < 1.29 is 13.9 Å². The van der Waals surface area contributed by atoms with Gasteiger partial charge in [0.2, 0.25) is 5.91 Å². The van der Waals surface area contributed by atoms with Crippen LogP contribution in [0, 0.1) is 20.8 Å². The zero-order valence-electron chi connectivity index (χ0n) is 17.5. The van der Waals surface area contributed by atoms with Crippen LogP contribution in [0.4, 0.5) is 5.69 Å². The molecule has 1 atom stereocenters. The van der Waals surface area contributed by atoms with E-state index < -0.39 is 0 Å². The summed E-state index contributed by atoms with van der Waals surface area (Å²) >= 11 is 1.38. The largest absolute Gasteiger partial charge is 0.469 e. The molecule has 3 aromatic rings. The molecule has 0 aliphatic carbocycles. The highest BCUT2D eigenvalue weighted by molar-refractivity contribution is 7.99. The highest BCUT2D eigenvalue weighted by Crippen LogP contribution is 2.29. The Kier molecular flexibility index (Phi) is 6.24. The van der Waals surface area contributed by atoms with Gasteiger partial charge in [0, 0.05) is 12.3 Å². The molecule has 7 nitrogen and oxygen atoms in total. The van der Waals surface area contributed by atoms with Crippen molar-refractivity contribution in [2.75, 3.05) is 17.7 Å². The number of nitrogens with one attached hydrogen (secondary N) is 1. The predicted molar refractivity (Wildman–Crippen MR) is 117 cm³/mol. The lowest BCUT2D eigenvalue weighted by Gasteiger charge is -2.14. The molecule has 1 amide bonds. The molecule has 2 aromatic heterocycles. The SMILES string of the molecule is Cc1cc(C)cc(NC(=O)CSc2nnc(-c3ccoc3C)n2CC2CCCO2)c1. The fraction of sp³-hybridized carbons (Fsp3) is 0.409. The van der Waals surface area contributed by atoms with Crippen molar-refractivity contribution >= 4 is 23.4 Å². The zero-order chi connectivity index (χ0) is 21.1. The molecule has 1 unspecified atom stereocenters. The third kappa shape index (κ3) is 4.76. The highest BCUT2D eigenvalue weighted by atomic mass is 32.2. The number of ether oxygens (including phenoxy) is 1. The first kappa shape index (κ1) is 20.7. The molecule has 1 aromatic carbocycles. The molecule has 1 N–H and O–H groups in total. The summed E-state index contributed by atoms with van der Waals surface area (Å²) in [7, 11) is 0. The Morgan fingerprint density at radius 3 is 2.70 bits per heavy atom. The van der Waals surface area contributed by atoms with E-state index >= 15 is 0 Å². The van der Waals surface area contributed by atoms with Gasteiger partial charge in [-0.3, -0.25) is 9.36 Å². The van der Waals surface area contributed by atoms with Crippen LogP contribution < -0.4 is 5.32 Å². The van der Waals surface area contributed by atoms with Crippen molar-refractivity contribution in [1.29, 1.82) is 0 Å². The van der Waals surface area contributed by atoms with Gasteiger partial charge in [-0.2, -0.15) is 0 Å². The molecular weight excluding hydrogens is 400 g/mol. The van der Waals surface area contributed by atoms with Crippen LogP contribution in [0.5, 0.6) is 0 Å². The fourth-order valence-electron chi connectivity index (χ4n) is 3.74. The summed E-state index contributed by atoms with van der Waals surface area (Å²) in [6, 6.07) is 7.91. The van der Waals surface area contributed by atoms with E-state index in [0.717, 1.165) is 53.4 Å². The number of benzene rings is 1. The van der Waals surface area contributed by atoms with Gasteiger partial charge in [-0.15, -0.1) is 10.2 Å². The van der Waals surface area contributed by atoms with Crippen LogP contribution in [0.15, 0.2) is 40.1 Å². The first-order chi connectivity index (χ1) is 14.5. The first-order valence-corrected chi connectivity index (χ1v) is 11.1. The van der Waals surface area contributed by atoms with Crippen LogP contribution in [-0.4, -0.2) is 39.1 Å². The maximum absolute atomic E-state index is 12.5. The van der Waals surface area contributed by atoms with Gasteiger partial charge in [0.05, 0.1) is 30.2 Å². The number of hydrogen-bond donors (Lipinski definition) is 1. The molecule has 1 fully saturated rings. The van der Waals surface area contributed by atoms with Crippen molar-refractivity contribution in [2.45, 2.75) is 51.4 Å². The van der Waals surface area contributed by atoms with Crippen LogP contribution in [-0.2, 0) is 16.1 Å². The summed E-state index contributed by atoms with van der Waals surface area (Å²) in [5.41, 5.74) is 3.96. The van der Waals surface area contributed by atoms with Crippen molar-refractivity contribution in [3.05, 3.63) is 47.4 Å². The minimum absolute atomic E-state index is 0.0716. The molecule has 1 aliphatic heterocycles. The van der Waals surface area contributed by atoms with E-state index in [1.807, 2.05) is 43.5 Å². The number of anilines is 1. The number of thioether (sulfide) groups is 1. The van der Waals surface area contributed by atoms with Crippen LogP contribution >= 0.6 is 11.8 Å². The molecule has 0 saturated carbocycles. The number of amides is 1. The molecule has 158 valence electrons. The number of furan rings is 1. The summed E-state index contributed by atoms with van der Waals surface area (Å²) in [5, 5.41) is 12.4. The van der Waals surface area contributed by atoms with Crippen LogP contribution in [0.2, 0.25) is 0 Å². The fourth-order valence-corrected chi connectivity index (χ4v) is 4.49. The average Bonchev–Trinajstić information content (AvgIpc) is 3.41. The quantitative estimate of drug-likeness (QED) is 0.565. The van der Waals surface area contributed by atoms with Gasteiger partial charge in [0.1, 0.15) is 5.76 Å². The van der Waals surface area contributed by atoms with Gasteiger partial charge < -0.3 is 14.5 Å². The van der Waals surface area contributed by atoms with Gasteiger partial charge in [-0.1, -0.05) is 17.8 Å². The molecule has 3 heterocycles. The van der Waals surface area contributed by atoms with E-state index in [4.69, 9.17) is 9.15 Å². The number of carbonyl (C=O) groups excluding carboxylic acids is 1. The minimum atomic E-state index is -0.0716. The second-order valence-electron chi connectivity index (χ2n) is 7.66. The molecule has 0 bridgehead atoms. The molecule has 1 aliphatic rings. The minimum Gasteiger partial charge on any atom is -0.469 e. The second-order valence-corrected chi connectivity index (χ2v) is 8.60. The topological polar surface area (TPSA) is 82.2 Å². The van der Waals surface area contributed by atoms with Crippen molar-refractivity contribution in [1.82, 2.24) is 14.8 Å². The Hall–Kier alpha value is -2.58. The summed E-state index contributed by atoms with van der Waals surface area (Å²) in [4.78, 5) is 12.5. The van der Waals surface area contributed by atoms with Crippen molar-refractivity contribution in [2.24, 2.45) is 0 Å². The first-order valence-electron chi connectivity index (χ1n) is 10.1. The Morgan fingerprint density at radius 1 is 1.23 bits per heavy atom. The second kappa shape index (κ2) is 9.06. The van der Waals surface area contributed by atoms with Gasteiger partial charge in [-0.05, 0) is 62.9 Å². The summed E-state index contributed by atoms with van der Waals surface area (Å²) in [5.74, 6) is 1.72. The van der Waals surface area contributed by atoms with Gasteiger partial charge in [0.15, 0.2) is 11.0 Å². The van der Waals surface area contributed by atoms with E-state index in [1.54, 1.807) is 6.26 Å². The summed E-state index contributed by atoms with van der Waals surface area (Å²) < 4.78 is 13.3. The predicted octanol–water partition coefficient (Wildman–Crippen LogP) is 4.37. The van der Waals surface area contributed by atoms with Crippen molar-refractivity contribution in [3.63, 3.8) is 0 Å². The number of hydrogen-bond acceptors (Lipinski definition) is 6. The monoisotopic (exact) mass is 426 g/mol. The Morgan fingerprint density at radius 2 is 2.03 bits per heavy atom. The van der Waals surface area contributed by atoms with E-state index in [2.05, 4.69) is 21.6 Å². The molecule has 4 rings (SSSR count). The zero-order valence-corrected chi connectivity index (χ0v) is 18.3. The van der Waals surface area contributed by atoms with Gasteiger partial charge in [-0.25, -0.2) is 0 Å². The number of aromatic nitrogens is 3. The molecule has 1 saturated heterocycles. The lowest BCUT2D eigenvalue weighted by atomic mass is 10.1. The number of nitrogens with zero attached hydrogens (tertiary/aromatic N) is 3. The molecule has 0 spiro atoms. The van der Waals surface area contributed by atoms with E-state index in [9.17, 15) is 4.79 Å².